The second-order valence-electron chi connectivity index (χ2n) is 5.74. The SMILES string of the molecule is COc1nc2ccccc2nc1CCC(=O)N1CCOC[C@H](O)C1. The molecule has 0 saturated carbocycles. The van der Waals surface area contributed by atoms with Crippen LogP contribution in [0.4, 0.5) is 0 Å². The molecule has 2 heterocycles. The number of carbonyl (C=O) groups is 1. The van der Waals surface area contributed by atoms with Crippen molar-refractivity contribution in [1.29, 1.82) is 0 Å². The van der Waals surface area contributed by atoms with Crippen molar-refractivity contribution in [2.75, 3.05) is 33.4 Å². The number of aromatic nitrogens is 2. The molecule has 1 amide bonds. The molecule has 1 aliphatic rings. The van der Waals surface area contributed by atoms with Crippen LogP contribution in [-0.4, -0.2) is 65.4 Å². The Labute approximate surface area is 140 Å². The first kappa shape index (κ1) is 16.6. The van der Waals surface area contributed by atoms with Gasteiger partial charge in [0.2, 0.25) is 11.8 Å². The Morgan fingerprint density at radius 2 is 2.12 bits per heavy atom. The zero-order valence-corrected chi connectivity index (χ0v) is 13.6. The lowest BCUT2D eigenvalue weighted by molar-refractivity contribution is -0.132. The second kappa shape index (κ2) is 7.55. The van der Waals surface area contributed by atoms with Crippen molar-refractivity contribution in [3.05, 3.63) is 30.0 Å². The number of aryl methyl sites for hydroxylation is 1. The zero-order valence-electron chi connectivity index (χ0n) is 13.6. The minimum absolute atomic E-state index is 0.0310. The fourth-order valence-electron chi connectivity index (χ4n) is 2.75. The fraction of sp³-hybridized carbons (Fsp3) is 0.471. The molecule has 0 bridgehead atoms. The molecule has 2 aromatic rings. The first-order valence-corrected chi connectivity index (χ1v) is 8.00. The van der Waals surface area contributed by atoms with Crippen molar-refractivity contribution in [1.82, 2.24) is 14.9 Å². The highest BCUT2D eigenvalue weighted by atomic mass is 16.5. The highest BCUT2D eigenvalue weighted by molar-refractivity contribution is 5.77. The van der Waals surface area contributed by atoms with Gasteiger partial charge in [-0.05, 0) is 12.1 Å². The Morgan fingerprint density at radius 1 is 1.38 bits per heavy atom. The zero-order chi connectivity index (χ0) is 16.9. The van der Waals surface area contributed by atoms with E-state index >= 15 is 0 Å². The van der Waals surface area contributed by atoms with E-state index in [-0.39, 0.29) is 18.9 Å². The third-order valence-electron chi connectivity index (χ3n) is 3.97. The Bertz CT molecular complexity index is 722. The highest BCUT2D eigenvalue weighted by Gasteiger charge is 2.21. The average molecular weight is 331 g/mol. The number of para-hydroxylation sites is 2. The summed E-state index contributed by atoms with van der Waals surface area (Å²) in [4.78, 5) is 23.0. The summed E-state index contributed by atoms with van der Waals surface area (Å²) in [5.74, 6) is 0.414. The predicted octanol–water partition coefficient (Wildman–Crippen LogP) is 0.791. The van der Waals surface area contributed by atoms with Crippen molar-refractivity contribution in [3.8, 4) is 5.88 Å². The smallest absolute Gasteiger partial charge is 0.235 e. The van der Waals surface area contributed by atoms with Crippen LogP contribution in [0.1, 0.15) is 12.1 Å². The Hall–Kier alpha value is -2.25. The van der Waals surface area contributed by atoms with Crippen molar-refractivity contribution < 1.29 is 19.4 Å². The lowest BCUT2D eigenvalue weighted by Gasteiger charge is -2.21. The number of nitrogens with zero attached hydrogens (tertiary/aromatic N) is 3. The van der Waals surface area contributed by atoms with Gasteiger partial charge in [-0.3, -0.25) is 4.79 Å². The van der Waals surface area contributed by atoms with E-state index in [4.69, 9.17) is 9.47 Å². The fourth-order valence-corrected chi connectivity index (χ4v) is 2.75. The molecule has 1 atom stereocenters. The van der Waals surface area contributed by atoms with Gasteiger partial charge >= 0.3 is 0 Å². The van der Waals surface area contributed by atoms with E-state index in [2.05, 4.69) is 9.97 Å². The summed E-state index contributed by atoms with van der Waals surface area (Å²) < 4.78 is 10.6. The summed E-state index contributed by atoms with van der Waals surface area (Å²) in [5.41, 5.74) is 2.20. The van der Waals surface area contributed by atoms with Crippen molar-refractivity contribution in [2.45, 2.75) is 18.9 Å². The molecule has 1 N–H and O–H groups in total. The highest BCUT2D eigenvalue weighted by Crippen LogP contribution is 2.20. The first-order chi connectivity index (χ1) is 11.7. The van der Waals surface area contributed by atoms with Gasteiger partial charge in [0.05, 0.1) is 37.5 Å². The number of hydrogen-bond acceptors (Lipinski definition) is 6. The first-order valence-electron chi connectivity index (χ1n) is 8.00. The van der Waals surface area contributed by atoms with Crippen LogP contribution in [0.3, 0.4) is 0 Å². The molecule has 0 unspecified atom stereocenters. The molecule has 0 spiro atoms. The Morgan fingerprint density at radius 3 is 2.88 bits per heavy atom. The summed E-state index contributed by atoms with van der Waals surface area (Å²) in [6.07, 6.45) is 0.0927. The molecule has 1 saturated heterocycles. The molecule has 0 radical (unpaired) electrons. The van der Waals surface area contributed by atoms with Gasteiger partial charge in [0, 0.05) is 25.9 Å². The molecule has 1 aliphatic heterocycles. The van der Waals surface area contributed by atoms with E-state index in [0.29, 0.717) is 37.7 Å². The summed E-state index contributed by atoms with van der Waals surface area (Å²) >= 11 is 0. The largest absolute Gasteiger partial charge is 0.480 e. The maximum Gasteiger partial charge on any atom is 0.235 e. The molecule has 128 valence electrons. The average Bonchev–Trinajstić information content (AvgIpc) is 2.83. The van der Waals surface area contributed by atoms with E-state index in [0.717, 1.165) is 11.0 Å². The van der Waals surface area contributed by atoms with Crippen LogP contribution >= 0.6 is 0 Å². The van der Waals surface area contributed by atoms with Crippen LogP contribution in [0.5, 0.6) is 5.88 Å². The molecular weight excluding hydrogens is 310 g/mol. The number of hydrogen-bond donors (Lipinski definition) is 1. The summed E-state index contributed by atoms with van der Waals surface area (Å²) in [6.45, 7) is 1.52. The van der Waals surface area contributed by atoms with Crippen LogP contribution in [-0.2, 0) is 16.0 Å². The number of benzene rings is 1. The van der Waals surface area contributed by atoms with Crippen LogP contribution in [0.15, 0.2) is 24.3 Å². The normalized spacial score (nSPS) is 18.4. The van der Waals surface area contributed by atoms with E-state index in [9.17, 15) is 9.90 Å². The topological polar surface area (TPSA) is 84.8 Å². The number of ether oxygens (including phenoxy) is 2. The number of amides is 1. The molecule has 1 fully saturated rings. The van der Waals surface area contributed by atoms with Gasteiger partial charge in [0.25, 0.3) is 0 Å². The summed E-state index contributed by atoms with van der Waals surface area (Å²) in [5, 5.41) is 9.73. The van der Waals surface area contributed by atoms with Gasteiger partial charge in [-0.1, -0.05) is 12.1 Å². The van der Waals surface area contributed by atoms with E-state index < -0.39 is 6.10 Å². The molecular formula is C17H21N3O4. The number of fused-ring (bicyclic) bond motifs is 1. The van der Waals surface area contributed by atoms with Gasteiger partial charge in [-0.15, -0.1) is 0 Å². The number of β-amino-alcohol motifs (C(OH)–C–C–N with tert-alkyl or cyclic N) is 1. The lowest BCUT2D eigenvalue weighted by Crippen LogP contribution is -2.37. The van der Waals surface area contributed by atoms with E-state index in [1.165, 1.54) is 0 Å². The van der Waals surface area contributed by atoms with Crippen LogP contribution in [0, 0.1) is 0 Å². The molecule has 24 heavy (non-hydrogen) atoms. The standard InChI is InChI=1S/C17H21N3O4/c1-23-17-15(18-13-4-2-3-5-14(13)19-17)6-7-16(22)20-8-9-24-11-12(21)10-20/h2-5,12,21H,6-11H2,1H3/t12-/m1/s1. The molecule has 1 aromatic heterocycles. The number of rotatable bonds is 4. The van der Waals surface area contributed by atoms with Crippen LogP contribution in [0.25, 0.3) is 11.0 Å². The number of aliphatic hydroxyl groups excluding tert-OH is 1. The van der Waals surface area contributed by atoms with Gasteiger partial charge in [-0.2, -0.15) is 0 Å². The molecule has 1 aromatic carbocycles. The molecule has 0 aliphatic carbocycles. The molecule has 3 rings (SSSR count). The van der Waals surface area contributed by atoms with Gasteiger partial charge in [0.1, 0.15) is 5.69 Å². The molecule has 7 heteroatoms. The number of aliphatic hydroxyl groups is 1. The van der Waals surface area contributed by atoms with Crippen molar-refractivity contribution >= 4 is 16.9 Å². The number of carbonyl (C=O) groups excluding carboxylic acids is 1. The summed E-state index contributed by atoms with van der Waals surface area (Å²) in [7, 11) is 1.55. The predicted molar refractivity (Wildman–Crippen MR) is 87.8 cm³/mol. The lowest BCUT2D eigenvalue weighted by atomic mass is 10.2. The van der Waals surface area contributed by atoms with Crippen LogP contribution in [0.2, 0.25) is 0 Å². The van der Waals surface area contributed by atoms with E-state index in [1.54, 1.807) is 12.0 Å². The van der Waals surface area contributed by atoms with Gasteiger partial charge in [0.15, 0.2) is 0 Å². The monoisotopic (exact) mass is 331 g/mol. The summed E-state index contributed by atoms with van der Waals surface area (Å²) in [6, 6.07) is 7.55. The number of methoxy groups -OCH3 is 1. The molecule has 7 nitrogen and oxygen atoms in total. The third kappa shape index (κ3) is 3.80. The maximum atomic E-state index is 12.4. The Balaban J connectivity index is 1.71. The minimum atomic E-state index is -0.633. The second-order valence-corrected chi connectivity index (χ2v) is 5.74. The Kier molecular flexibility index (Phi) is 5.22. The third-order valence-corrected chi connectivity index (χ3v) is 3.97. The van der Waals surface area contributed by atoms with Gasteiger partial charge in [-0.25, -0.2) is 9.97 Å². The maximum absolute atomic E-state index is 12.4. The van der Waals surface area contributed by atoms with Crippen molar-refractivity contribution in [3.63, 3.8) is 0 Å². The van der Waals surface area contributed by atoms with E-state index in [1.807, 2.05) is 24.3 Å². The van der Waals surface area contributed by atoms with Gasteiger partial charge < -0.3 is 19.5 Å². The van der Waals surface area contributed by atoms with Crippen molar-refractivity contribution in [2.24, 2.45) is 0 Å². The minimum Gasteiger partial charge on any atom is -0.480 e. The van der Waals surface area contributed by atoms with Crippen LogP contribution < -0.4 is 4.74 Å². The quantitative estimate of drug-likeness (QED) is 0.892.